The largest absolute Gasteiger partial charge is 0.481 e. The summed E-state index contributed by atoms with van der Waals surface area (Å²) in [6, 6.07) is 7.86. The summed E-state index contributed by atoms with van der Waals surface area (Å²) in [6.07, 6.45) is 1.90. The molecule has 1 aromatic heterocycles. The van der Waals surface area contributed by atoms with Gasteiger partial charge in [0.25, 0.3) is 0 Å². The molecule has 1 unspecified atom stereocenters. The van der Waals surface area contributed by atoms with Crippen molar-refractivity contribution >= 4 is 16.9 Å². The van der Waals surface area contributed by atoms with Crippen LogP contribution in [0.25, 0.3) is 10.9 Å². The number of nitrogens with one attached hydrogen (secondary N) is 1. The monoisotopic (exact) mass is 232 g/mol. The lowest BCUT2D eigenvalue weighted by atomic mass is 9.99. The Morgan fingerprint density at radius 3 is 2.82 bits per heavy atom. The van der Waals surface area contributed by atoms with Crippen LogP contribution in [0.15, 0.2) is 30.5 Å². The van der Waals surface area contributed by atoms with Crippen LogP contribution in [0.2, 0.25) is 0 Å². The Bertz CT molecular complexity index is 545. The fourth-order valence-corrected chi connectivity index (χ4v) is 2.19. The van der Waals surface area contributed by atoms with Crippen LogP contribution in [0, 0.1) is 0 Å². The van der Waals surface area contributed by atoms with Crippen LogP contribution >= 0.6 is 0 Å². The highest BCUT2D eigenvalue weighted by molar-refractivity contribution is 5.90. The molecule has 0 spiro atoms. The number of nitrogens with zero attached hydrogens (tertiary/aromatic N) is 1. The van der Waals surface area contributed by atoms with E-state index in [2.05, 4.69) is 5.32 Å². The van der Waals surface area contributed by atoms with Gasteiger partial charge in [-0.25, -0.2) is 0 Å². The molecule has 0 aliphatic carbocycles. The van der Waals surface area contributed by atoms with E-state index in [9.17, 15) is 9.90 Å². The molecule has 2 aromatic rings. The van der Waals surface area contributed by atoms with Gasteiger partial charge in [0.1, 0.15) is 0 Å². The Kier molecular flexibility index (Phi) is 3.15. The van der Waals surface area contributed by atoms with Crippen molar-refractivity contribution in [3.05, 3.63) is 36.0 Å². The number of carboxylic acids is 1. The first-order chi connectivity index (χ1) is 8.15. The van der Waals surface area contributed by atoms with Crippen molar-refractivity contribution in [3.8, 4) is 0 Å². The summed E-state index contributed by atoms with van der Waals surface area (Å²) in [5, 5.41) is 13.2. The second-order valence-corrected chi connectivity index (χ2v) is 4.16. The van der Waals surface area contributed by atoms with Crippen LogP contribution in [0.1, 0.15) is 11.5 Å². The number of carbonyl (C=O) groups is 1. The molecule has 4 nitrogen and oxygen atoms in total. The molecule has 0 saturated carbocycles. The van der Waals surface area contributed by atoms with Crippen LogP contribution in [0.4, 0.5) is 0 Å². The number of likely N-dealkylation sites (N-methyl/N-ethyl adjacent to an activating group) is 1. The number of aliphatic carboxylic acids is 1. The van der Waals surface area contributed by atoms with Gasteiger partial charge in [-0.1, -0.05) is 18.2 Å². The van der Waals surface area contributed by atoms with Crippen molar-refractivity contribution in [3.63, 3.8) is 0 Å². The molecular weight excluding hydrogens is 216 g/mol. The molecule has 1 atom stereocenters. The van der Waals surface area contributed by atoms with Gasteiger partial charge in [0.2, 0.25) is 0 Å². The van der Waals surface area contributed by atoms with Gasteiger partial charge in [0.15, 0.2) is 0 Å². The molecule has 4 heteroatoms. The zero-order chi connectivity index (χ0) is 12.4. The maximum Gasteiger partial charge on any atom is 0.312 e. The molecule has 0 amide bonds. The molecule has 90 valence electrons. The number of carboxylic acid groups (broad SMARTS) is 1. The van der Waals surface area contributed by atoms with E-state index in [0.29, 0.717) is 6.54 Å². The van der Waals surface area contributed by atoms with Gasteiger partial charge in [-0.05, 0) is 18.7 Å². The molecule has 0 aliphatic rings. The first kappa shape index (κ1) is 11.7. The van der Waals surface area contributed by atoms with Gasteiger partial charge in [-0.15, -0.1) is 0 Å². The smallest absolute Gasteiger partial charge is 0.312 e. The highest BCUT2D eigenvalue weighted by Gasteiger charge is 2.22. The highest BCUT2D eigenvalue weighted by Crippen LogP contribution is 2.27. The van der Waals surface area contributed by atoms with Crippen molar-refractivity contribution in [1.29, 1.82) is 0 Å². The standard InChI is InChI=1S/C13H16N2O2/c1-14-7-10(13(16)17)11-8-15(2)12-6-4-3-5-9(11)12/h3-6,8,10,14H,7H2,1-2H3,(H,16,17). The minimum Gasteiger partial charge on any atom is -0.481 e. The van der Waals surface area contributed by atoms with Gasteiger partial charge in [-0.2, -0.15) is 0 Å². The van der Waals surface area contributed by atoms with Crippen molar-refractivity contribution in [2.45, 2.75) is 5.92 Å². The van der Waals surface area contributed by atoms with Gasteiger partial charge in [0.05, 0.1) is 5.92 Å². The Morgan fingerprint density at radius 1 is 1.47 bits per heavy atom. The van der Waals surface area contributed by atoms with E-state index in [4.69, 9.17) is 0 Å². The van der Waals surface area contributed by atoms with Crippen molar-refractivity contribution in [1.82, 2.24) is 9.88 Å². The number of rotatable bonds is 4. The number of hydrogen-bond donors (Lipinski definition) is 2. The van der Waals surface area contributed by atoms with E-state index < -0.39 is 11.9 Å². The molecule has 17 heavy (non-hydrogen) atoms. The summed E-state index contributed by atoms with van der Waals surface area (Å²) in [5.41, 5.74) is 1.93. The van der Waals surface area contributed by atoms with E-state index in [1.807, 2.05) is 42.1 Å². The fourth-order valence-electron chi connectivity index (χ4n) is 2.19. The van der Waals surface area contributed by atoms with Crippen LogP contribution in [-0.4, -0.2) is 29.2 Å². The Balaban J connectivity index is 2.57. The normalized spacial score (nSPS) is 12.8. The van der Waals surface area contributed by atoms with Gasteiger partial charge >= 0.3 is 5.97 Å². The SMILES string of the molecule is CNCC(C(=O)O)c1cn(C)c2ccccc12. The fraction of sp³-hybridized carbons (Fsp3) is 0.308. The lowest BCUT2D eigenvalue weighted by Gasteiger charge is -2.10. The number of hydrogen-bond acceptors (Lipinski definition) is 2. The number of fused-ring (bicyclic) bond motifs is 1. The summed E-state index contributed by atoms with van der Waals surface area (Å²) < 4.78 is 1.97. The molecule has 0 bridgehead atoms. The molecule has 0 fully saturated rings. The highest BCUT2D eigenvalue weighted by atomic mass is 16.4. The number of para-hydroxylation sites is 1. The van der Waals surface area contributed by atoms with Crippen LogP contribution in [0.3, 0.4) is 0 Å². The minimum absolute atomic E-state index is 0.434. The molecule has 1 heterocycles. The van der Waals surface area contributed by atoms with E-state index in [0.717, 1.165) is 16.5 Å². The molecule has 2 rings (SSSR count). The minimum atomic E-state index is -0.796. The molecule has 1 aromatic carbocycles. The summed E-state index contributed by atoms with van der Waals surface area (Å²) >= 11 is 0. The summed E-state index contributed by atoms with van der Waals surface area (Å²) in [4.78, 5) is 11.3. The second kappa shape index (κ2) is 4.59. The third-order valence-corrected chi connectivity index (χ3v) is 3.01. The number of aromatic nitrogens is 1. The van der Waals surface area contributed by atoms with Gasteiger partial charge in [-0.3, -0.25) is 4.79 Å². The first-order valence-electron chi connectivity index (χ1n) is 5.56. The van der Waals surface area contributed by atoms with Crippen molar-refractivity contribution in [2.24, 2.45) is 7.05 Å². The van der Waals surface area contributed by atoms with Gasteiger partial charge in [0, 0.05) is 30.7 Å². The average molecular weight is 232 g/mol. The lowest BCUT2D eigenvalue weighted by molar-refractivity contribution is -0.138. The number of aryl methyl sites for hydroxylation is 1. The number of benzene rings is 1. The van der Waals surface area contributed by atoms with E-state index in [1.165, 1.54) is 0 Å². The van der Waals surface area contributed by atoms with Crippen LogP contribution in [0.5, 0.6) is 0 Å². The Hall–Kier alpha value is -1.81. The van der Waals surface area contributed by atoms with E-state index in [-0.39, 0.29) is 0 Å². The Labute approximate surface area is 99.9 Å². The molecule has 0 aliphatic heterocycles. The van der Waals surface area contributed by atoms with E-state index >= 15 is 0 Å². The third-order valence-electron chi connectivity index (χ3n) is 3.01. The quantitative estimate of drug-likeness (QED) is 0.841. The topological polar surface area (TPSA) is 54.3 Å². The second-order valence-electron chi connectivity index (χ2n) is 4.16. The third kappa shape index (κ3) is 2.03. The molecular formula is C13H16N2O2. The summed E-state index contributed by atoms with van der Waals surface area (Å²) in [6.45, 7) is 0.434. The lowest BCUT2D eigenvalue weighted by Crippen LogP contribution is -2.23. The molecule has 0 radical (unpaired) electrons. The van der Waals surface area contributed by atoms with Crippen LogP contribution < -0.4 is 5.32 Å². The van der Waals surface area contributed by atoms with E-state index in [1.54, 1.807) is 7.05 Å². The maximum absolute atomic E-state index is 11.3. The van der Waals surface area contributed by atoms with Crippen molar-refractivity contribution < 1.29 is 9.90 Å². The summed E-state index contributed by atoms with van der Waals surface area (Å²) in [7, 11) is 3.70. The average Bonchev–Trinajstić information content (AvgIpc) is 2.64. The summed E-state index contributed by atoms with van der Waals surface area (Å²) in [5.74, 6) is -1.30. The maximum atomic E-state index is 11.3. The Morgan fingerprint density at radius 2 is 2.18 bits per heavy atom. The first-order valence-corrected chi connectivity index (χ1v) is 5.56. The zero-order valence-corrected chi connectivity index (χ0v) is 9.97. The molecule has 2 N–H and O–H groups in total. The zero-order valence-electron chi connectivity index (χ0n) is 9.97. The predicted molar refractivity (Wildman–Crippen MR) is 67.2 cm³/mol. The molecule has 0 saturated heterocycles. The van der Waals surface area contributed by atoms with Crippen LogP contribution in [-0.2, 0) is 11.8 Å². The predicted octanol–water partition coefficient (Wildman–Crippen LogP) is 1.57. The van der Waals surface area contributed by atoms with Gasteiger partial charge < -0.3 is 15.0 Å². The van der Waals surface area contributed by atoms with Crippen molar-refractivity contribution in [2.75, 3.05) is 13.6 Å².